The minimum absolute atomic E-state index is 0.00268. The van der Waals surface area contributed by atoms with Crippen LogP contribution < -0.4 is 0 Å². The van der Waals surface area contributed by atoms with Crippen LogP contribution >= 0.6 is 31.9 Å². The van der Waals surface area contributed by atoms with Crippen molar-refractivity contribution in [3.8, 4) is 0 Å². The molecule has 0 unspecified atom stereocenters. The second kappa shape index (κ2) is 8.35. The highest BCUT2D eigenvalue weighted by atomic mass is 79.9. The van der Waals surface area contributed by atoms with Crippen LogP contribution in [0.1, 0.15) is 91.4 Å². The summed E-state index contributed by atoms with van der Waals surface area (Å²) in [4.78, 5) is 24.6. The van der Waals surface area contributed by atoms with Crippen molar-refractivity contribution < 1.29 is 19.1 Å². The summed E-state index contributed by atoms with van der Waals surface area (Å²) < 4.78 is 11.8. The molecule has 8 atom stereocenters. The Morgan fingerprint density at radius 1 is 1.20 bits per heavy atom. The Morgan fingerprint density at radius 3 is 2.70 bits per heavy atom. The van der Waals surface area contributed by atoms with Crippen molar-refractivity contribution in [2.75, 3.05) is 0 Å². The van der Waals surface area contributed by atoms with Crippen molar-refractivity contribution in [2.24, 2.45) is 23.2 Å². The zero-order chi connectivity index (χ0) is 21.7. The summed E-state index contributed by atoms with van der Waals surface area (Å²) in [5.41, 5.74) is -0.156. The van der Waals surface area contributed by atoms with E-state index in [1.54, 1.807) is 0 Å². The largest absolute Gasteiger partial charge is 0.462 e. The molecule has 1 aliphatic heterocycles. The Hall–Kier alpha value is -0.100. The summed E-state index contributed by atoms with van der Waals surface area (Å²) in [5.74, 6) is 1.56. The van der Waals surface area contributed by atoms with Gasteiger partial charge in [0.2, 0.25) is 0 Å². The van der Waals surface area contributed by atoms with Crippen LogP contribution in [0.15, 0.2) is 0 Å². The molecule has 4 fully saturated rings. The minimum Gasteiger partial charge on any atom is -0.462 e. The van der Waals surface area contributed by atoms with Gasteiger partial charge in [-0.2, -0.15) is 0 Å². The number of hydrogen-bond donors (Lipinski definition) is 0. The summed E-state index contributed by atoms with van der Waals surface area (Å²) in [6, 6.07) is 0. The van der Waals surface area contributed by atoms with Gasteiger partial charge in [0.05, 0.1) is 0 Å². The first-order valence-corrected chi connectivity index (χ1v) is 13.6. The van der Waals surface area contributed by atoms with E-state index in [1.165, 1.54) is 0 Å². The van der Waals surface area contributed by atoms with Crippen LogP contribution in [-0.4, -0.2) is 32.8 Å². The molecule has 1 saturated heterocycles. The van der Waals surface area contributed by atoms with Gasteiger partial charge in [-0.1, -0.05) is 52.1 Å². The lowest BCUT2D eigenvalue weighted by Gasteiger charge is -2.66. The van der Waals surface area contributed by atoms with Gasteiger partial charge in [0.1, 0.15) is 11.7 Å². The number of ether oxygens (including phenoxy) is 2. The lowest BCUT2D eigenvalue weighted by atomic mass is 9.45. The third-order valence-corrected chi connectivity index (χ3v) is 12.6. The molecule has 0 aromatic carbocycles. The fraction of sp³-hybridized carbons (Fsp3) is 0.917. The van der Waals surface area contributed by atoms with Crippen LogP contribution in [0.3, 0.4) is 0 Å². The number of hydrogen-bond acceptors (Lipinski definition) is 4. The Labute approximate surface area is 197 Å². The van der Waals surface area contributed by atoms with Gasteiger partial charge < -0.3 is 9.47 Å². The Morgan fingerprint density at radius 2 is 1.97 bits per heavy atom. The molecule has 0 radical (unpaired) electrons. The third-order valence-electron chi connectivity index (χ3n) is 9.06. The standard InChI is InChI=1S/C24H36Br2O4/c1-4-5-6-20(27)29-15-9-11-22(2)17-10-12-23(3)18(7-8-21(28)30-23)16(17)13-19(25)24(22,26)14-15/h15-19H,4-14H2,1-3H3/t15-,16+,17-,18-,19+,22+,23-,24-/m0/s1. The fourth-order valence-corrected chi connectivity index (χ4v) is 9.51. The zero-order valence-electron chi connectivity index (χ0n) is 18.6. The first kappa shape index (κ1) is 23.1. The van der Waals surface area contributed by atoms with Crippen molar-refractivity contribution in [3.63, 3.8) is 0 Å². The summed E-state index contributed by atoms with van der Waals surface area (Å²) in [6.45, 7) is 6.72. The number of unbranched alkanes of at least 4 members (excludes halogenated alkanes) is 1. The molecule has 4 rings (SSSR count). The number of carbonyl (C=O) groups is 2. The molecule has 0 aromatic rings. The Balaban J connectivity index is 1.53. The highest BCUT2D eigenvalue weighted by Gasteiger charge is 2.66. The number of halogens is 2. The number of carbonyl (C=O) groups excluding carboxylic acids is 2. The molecular formula is C24H36Br2O4. The molecule has 4 nitrogen and oxygen atoms in total. The highest BCUT2D eigenvalue weighted by molar-refractivity contribution is 9.12. The normalized spacial score (nSPS) is 48.0. The summed E-state index contributed by atoms with van der Waals surface area (Å²) >= 11 is 8.30. The predicted octanol–water partition coefficient (Wildman–Crippen LogP) is 6.32. The summed E-state index contributed by atoms with van der Waals surface area (Å²) in [6.07, 6.45) is 10.0. The quantitative estimate of drug-likeness (QED) is 0.305. The van der Waals surface area contributed by atoms with Gasteiger partial charge in [0, 0.05) is 34.3 Å². The van der Waals surface area contributed by atoms with Gasteiger partial charge in [-0.25, -0.2) is 0 Å². The van der Waals surface area contributed by atoms with E-state index < -0.39 is 0 Å². The van der Waals surface area contributed by atoms with E-state index in [0.29, 0.717) is 35.4 Å². The van der Waals surface area contributed by atoms with E-state index in [2.05, 4.69) is 52.6 Å². The van der Waals surface area contributed by atoms with Gasteiger partial charge in [0.15, 0.2) is 0 Å². The van der Waals surface area contributed by atoms with E-state index in [0.717, 1.165) is 57.8 Å². The van der Waals surface area contributed by atoms with E-state index in [4.69, 9.17) is 9.47 Å². The Kier molecular flexibility index (Phi) is 6.42. The third kappa shape index (κ3) is 3.70. The SMILES string of the molecule is CCCCC(=O)O[C@H]1CC[C@]2(C)[C@H]3CC[C@]4(C)OC(=O)CC[C@H]4[C@@H]3C[C@@H](Br)[C@@]2(Br)C1. The summed E-state index contributed by atoms with van der Waals surface area (Å²) in [5, 5.41) is 0. The number of esters is 2. The molecule has 0 spiro atoms. The number of fused-ring (bicyclic) bond motifs is 5. The van der Waals surface area contributed by atoms with Gasteiger partial charge in [-0.3, -0.25) is 9.59 Å². The topological polar surface area (TPSA) is 52.6 Å². The Bertz CT molecular complexity index is 699. The molecular weight excluding hydrogens is 512 g/mol. The fourth-order valence-electron chi connectivity index (χ4n) is 7.33. The van der Waals surface area contributed by atoms with Crippen molar-refractivity contribution in [2.45, 2.75) is 112 Å². The minimum atomic E-state index is -0.294. The molecule has 4 aliphatic rings. The molecule has 6 heteroatoms. The van der Waals surface area contributed by atoms with Gasteiger partial charge in [-0.05, 0) is 69.1 Å². The van der Waals surface area contributed by atoms with E-state index in [1.807, 2.05) is 0 Å². The lowest BCUT2D eigenvalue weighted by Crippen LogP contribution is -2.66. The molecule has 0 bridgehead atoms. The molecule has 0 N–H and O–H groups in total. The average molecular weight is 548 g/mol. The average Bonchev–Trinajstić information content (AvgIpc) is 2.67. The van der Waals surface area contributed by atoms with E-state index >= 15 is 0 Å². The second-order valence-corrected chi connectivity index (χ2v) is 13.2. The van der Waals surface area contributed by atoms with E-state index in [-0.39, 0.29) is 33.4 Å². The van der Waals surface area contributed by atoms with Gasteiger partial charge >= 0.3 is 11.9 Å². The molecule has 3 aliphatic carbocycles. The van der Waals surface area contributed by atoms with Crippen molar-refractivity contribution in [1.29, 1.82) is 0 Å². The molecule has 0 amide bonds. The molecule has 30 heavy (non-hydrogen) atoms. The van der Waals surface area contributed by atoms with Crippen LogP contribution in [0, 0.1) is 23.2 Å². The number of alkyl halides is 2. The van der Waals surface area contributed by atoms with Crippen LogP contribution in [0.25, 0.3) is 0 Å². The summed E-state index contributed by atoms with van der Waals surface area (Å²) in [7, 11) is 0. The van der Waals surface area contributed by atoms with E-state index in [9.17, 15) is 9.59 Å². The van der Waals surface area contributed by atoms with Crippen LogP contribution in [-0.2, 0) is 19.1 Å². The first-order chi connectivity index (χ1) is 14.1. The molecule has 1 heterocycles. The first-order valence-electron chi connectivity index (χ1n) is 11.9. The molecule has 170 valence electrons. The maximum atomic E-state index is 12.3. The second-order valence-electron chi connectivity index (χ2n) is 10.7. The molecule has 0 aromatic heterocycles. The molecule has 3 saturated carbocycles. The van der Waals surface area contributed by atoms with Crippen LogP contribution in [0.2, 0.25) is 0 Å². The highest BCUT2D eigenvalue weighted by Crippen LogP contribution is 2.68. The van der Waals surface area contributed by atoms with Crippen molar-refractivity contribution >= 4 is 43.8 Å². The smallest absolute Gasteiger partial charge is 0.306 e. The lowest BCUT2D eigenvalue weighted by molar-refractivity contribution is -0.201. The van der Waals surface area contributed by atoms with Crippen LogP contribution in [0.5, 0.6) is 0 Å². The monoisotopic (exact) mass is 546 g/mol. The van der Waals surface area contributed by atoms with Gasteiger partial charge in [-0.15, -0.1) is 0 Å². The van der Waals surface area contributed by atoms with Crippen molar-refractivity contribution in [1.82, 2.24) is 0 Å². The maximum Gasteiger partial charge on any atom is 0.306 e. The number of rotatable bonds is 4. The zero-order valence-corrected chi connectivity index (χ0v) is 21.7. The van der Waals surface area contributed by atoms with Crippen LogP contribution in [0.4, 0.5) is 0 Å². The maximum absolute atomic E-state index is 12.3. The van der Waals surface area contributed by atoms with Gasteiger partial charge in [0.25, 0.3) is 0 Å². The predicted molar refractivity (Wildman–Crippen MR) is 124 cm³/mol. The van der Waals surface area contributed by atoms with Crippen molar-refractivity contribution in [3.05, 3.63) is 0 Å².